The van der Waals surface area contributed by atoms with Crippen molar-refractivity contribution < 1.29 is 19.7 Å². The van der Waals surface area contributed by atoms with Crippen LogP contribution in [0.2, 0.25) is 0 Å². The minimum Gasteiger partial charge on any atom is -0.444 e. The highest BCUT2D eigenvalue weighted by molar-refractivity contribution is 7.10. The Morgan fingerprint density at radius 2 is 2.19 bits per heavy atom. The summed E-state index contributed by atoms with van der Waals surface area (Å²) in [4.78, 5) is 16.4. The third-order valence-corrected chi connectivity index (χ3v) is 5.42. The Kier molecular flexibility index (Phi) is 6.64. The summed E-state index contributed by atoms with van der Waals surface area (Å²) in [5.41, 5.74) is 0.990. The first-order valence-corrected chi connectivity index (χ1v) is 9.53. The average molecular weight is 381 g/mol. The van der Waals surface area contributed by atoms with Crippen LogP contribution in [0.25, 0.3) is 0 Å². The second-order valence-corrected chi connectivity index (χ2v) is 8.41. The van der Waals surface area contributed by atoms with Crippen molar-refractivity contribution in [2.24, 2.45) is 0 Å². The summed E-state index contributed by atoms with van der Waals surface area (Å²) < 4.78 is 5.39. The van der Waals surface area contributed by atoms with Gasteiger partial charge in [0.05, 0.1) is 18.8 Å². The van der Waals surface area contributed by atoms with E-state index in [1.807, 2.05) is 38.0 Å². The molecule has 0 saturated carbocycles. The number of nitrogens with zero attached hydrogens (tertiary/aromatic N) is 3. The van der Waals surface area contributed by atoms with E-state index >= 15 is 0 Å². The normalized spacial score (nSPS) is 19.9. The summed E-state index contributed by atoms with van der Waals surface area (Å²) in [6, 6.07) is 1.86. The quantitative estimate of drug-likeness (QED) is 0.826. The Balaban J connectivity index is 2.00. The number of ether oxygens (including phenoxy) is 1. The number of hydrogen-bond donors (Lipinski definition) is 2. The first-order chi connectivity index (χ1) is 12.2. The van der Waals surface area contributed by atoms with Gasteiger partial charge < -0.3 is 19.8 Å². The fraction of sp³-hybridized carbons (Fsp3) is 0.667. The van der Waals surface area contributed by atoms with E-state index in [4.69, 9.17) is 10.00 Å². The van der Waals surface area contributed by atoms with Gasteiger partial charge in [0, 0.05) is 26.2 Å². The number of amides is 1. The summed E-state index contributed by atoms with van der Waals surface area (Å²) in [5.74, 6) is 0. The topological polar surface area (TPSA) is 97.0 Å². The minimum absolute atomic E-state index is 0.113. The minimum atomic E-state index is -0.740. The van der Waals surface area contributed by atoms with Gasteiger partial charge in [-0.15, -0.1) is 11.3 Å². The van der Waals surface area contributed by atoms with Crippen molar-refractivity contribution in [1.29, 1.82) is 5.26 Å². The highest BCUT2D eigenvalue weighted by atomic mass is 32.1. The number of thiophene rings is 1. The zero-order chi connectivity index (χ0) is 19.5. The molecule has 1 saturated heterocycles. The fourth-order valence-corrected chi connectivity index (χ4v) is 3.91. The van der Waals surface area contributed by atoms with Crippen LogP contribution < -0.4 is 0 Å². The lowest BCUT2D eigenvalue weighted by Gasteiger charge is -2.41. The van der Waals surface area contributed by atoms with E-state index in [0.29, 0.717) is 31.1 Å². The molecule has 0 radical (unpaired) electrons. The number of nitriles is 1. The first-order valence-electron chi connectivity index (χ1n) is 8.65. The second-order valence-electron chi connectivity index (χ2n) is 7.53. The number of β-amino-alcohol motifs (C(OH)–C–C–N with tert-alkyl or cyclic N) is 1. The van der Waals surface area contributed by atoms with E-state index < -0.39 is 11.7 Å². The number of aliphatic hydroxyl groups excluding tert-OH is 2. The van der Waals surface area contributed by atoms with Crippen molar-refractivity contribution >= 4 is 17.4 Å². The zero-order valence-corrected chi connectivity index (χ0v) is 16.5. The molecule has 1 aromatic rings. The monoisotopic (exact) mass is 381 g/mol. The molecule has 7 nitrogen and oxygen atoms in total. The van der Waals surface area contributed by atoms with Gasteiger partial charge in [0.2, 0.25) is 0 Å². The summed E-state index contributed by atoms with van der Waals surface area (Å²) in [6.45, 7) is 8.88. The number of rotatable bonds is 4. The molecule has 2 atom stereocenters. The molecule has 0 aliphatic carbocycles. The molecule has 2 heterocycles. The molecular weight excluding hydrogens is 354 g/mol. The Labute approximate surface area is 158 Å². The first kappa shape index (κ1) is 20.6. The van der Waals surface area contributed by atoms with Crippen LogP contribution in [0.15, 0.2) is 5.38 Å². The summed E-state index contributed by atoms with van der Waals surface area (Å²) >= 11 is 1.32. The van der Waals surface area contributed by atoms with Crippen LogP contribution in [0.5, 0.6) is 0 Å². The lowest BCUT2D eigenvalue weighted by molar-refractivity contribution is -0.0147. The highest BCUT2D eigenvalue weighted by Crippen LogP contribution is 2.28. The van der Waals surface area contributed by atoms with Gasteiger partial charge in [-0.05, 0) is 44.2 Å². The Morgan fingerprint density at radius 1 is 1.50 bits per heavy atom. The van der Waals surface area contributed by atoms with Gasteiger partial charge in [0.1, 0.15) is 16.5 Å². The van der Waals surface area contributed by atoms with Crippen LogP contribution in [0.1, 0.15) is 42.9 Å². The maximum Gasteiger partial charge on any atom is 0.410 e. The third kappa shape index (κ3) is 4.95. The number of aliphatic hydroxyl groups is 2. The molecule has 1 unspecified atom stereocenters. The van der Waals surface area contributed by atoms with Gasteiger partial charge in [-0.3, -0.25) is 4.90 Å². The van der Waals surface area contributed by atoms with Gasteiger partial charge in [-0.1, -0.05) is 0 Å². The van der Waals surface area contributed by atoms with Gasteiger partial charge >= 0.3 is 6.09 Å². The second kappa shape index (κ2) is 8.35. The van der Waals surface area contributed by atoms with E-state index in [1.54, 1.807) is 4.90 Å². The molecule has 1 aliphatic heterocycles. The predicted octanol–water partition coefficient (Wildman–Crippen LogP) is 1.88. The highest BCUT2D eigenvalue weighted by Gasteiger charge is 2.33. The summed E-state index contributed by atoms with van der Waals surface area (Å²) in [6.07, 6.45) is -1.13. The van der Waals surface area contributed by atoms with Gasteiger partial charge in [-0.25, -0.2) is 4.79 Å². The van der Waals surface area contributed by atoms with E-state index in [-0.39, 0.29) is 18.7 Å². The molecule has 1 aliphatic rings. The van der Waals surface area contributed by atoms with Crippen LogP contribution in [-0.4, -0.2) is 70.5 Å². The Hall–Kier alpha value is -1.66. The van der Waals surface area contributed by atoms with Crippen LogP contribution in [-0.2, 0) is 4.74 Å². The lowest BCUT2D eigenvalue weighted by atomic mass is 10.1. The third-order valence-electron chi connectivity index (χ3n) is 4.41. The molecule has 2 N–H and O–H groups in total. The van der Waals surface area contributed by atoms with E-state index in [9.17, 15) is 15.0 Å². The predicted molar refractivity (Wildman–Crippen MR) is 99.0 cm³/mol. The number of hydrogen-bond acceptors (Lipinski definition) is 7. The standard InChI is InChI=1S/C18H27N3O4S/c1-12-14(11-26-16(12)7-19)15(23)9-20-5-6-21(8-13(20)10-22)17(24)25-18(2,3)4/h11,13,15,22-23H,5-6,8-10H2,1-4H3/t13-,15?/m0/s1. The Bertz CT molecular complexity index is 677. The molecule has 0 bridgehead atoms. The number of piperazine rings is 1. The SMILES string of the molecule is Cc1c(C(O)CN2CCN(C(=O)OC(C)(C)C)C[C@H]2CO)csc1C#N. The van der Waals surface area contributed by atoms with Crippen LogP contribution in [0.4, 0.5) is 4.79 Å². The van der Waals surface area contributed by atoms with Crippen LogP contribution in [0, 0.1) is 18.3 Å². The Morgan fingerprint density at radius 3 is 2.73 bits per heavy atom. The van der Waals surface area contributed by atoms with Crippen molar-refractivity contribution in [3.8, 4) is 6.07 Å². The van der Waals surface area contributed by atoms with E-state index in [2.05, 4.69) is 6.07 Å². The largest absolute Gasteiger partial charge is 0.444 e. The molecule has 1 amide bonds. The molecular formula is C18H27N3O4S. The molecule has 26 heavy (non-hydrogen) atoms. The van der Waals surface area contributed by atoms with Gasteiger partial charge in [0.15, 0.2) is 0 Å². The number of carbonyl (C=O) groups excluding carboxylic acids is 1. The van der Waals surface area contributed by atoms with Crippen molar-refractivity contribution in [3.63, 3.8) is 0 Å². The average Bonchev–Trinajstić information content (AvgIpc) is 2.94. The molecule has 2 rings (SSSR count). The van der Waals surface area contributed by atoms with Crippen molar-refractivity contribution in [2.45, 2.75) is 45.4 Å². The maximum atomic E-state index is 12.2. The molecule has 1 fully saturated rings. The lowest BCUT2D eigenvalue weighted by Crippen LogP contribution is -2.57. The van der Waals surface area contributed by atoms with Crippen LogP contribution >= 0.6 is 11.3 Å². The van der Waals surface area contributed by atoms with E-state index in [1.165, 1.54) is 11.3 Å². The maximum absolute atomic E-state index is 12.2. The molecule has 144 valence electrons. The molecule has 0 spiro atoms. The summed E-state index contributed by atoms with van der Waals surface area (Å²) in [5, 5.41) is 31.2. The zero-order valence-electron chi connectivity index (χ0n) is 15.7. The van der Waals surface area contributed by atoms with Crippen molar-refractivity contribution in [2.75, 3.05) is 32.8 Å². The van der Waals surface area contributed by atoms with Crippen LogP contribution in [0.3, 0.4) is 0 Å². The fourth-order valence-electron chi connectivity index (χ4n) is 2.99. The molecule has 8 heteroatoms. The molecule has 0 aromatic carbocycles. The van der Waals surface area contributed by atoms with Crippen molar-refractivity contribution in [1.82, 2.24) is 9.80 Å². The van der Waals surface area contributed by atoms with E-state index in [0.717, 1.165) is 11.1 Å². The van der Waals surface area contributed by atoms with Gasteiger partial charge in [0.25, 0.3) is 0 Å². The molecule has 1 aromatic heterocycles. The smallest absolute Gasteiger partial charge is 0.410 e. The van der Waals surface area contributed by atoms with Gasteiger partial charge in [-0.2, -0.15) is 5.26 Å². The number of carbonyl (C=O) groups is 1. The van der Waals surface area contributed by atoms with Crippen molar-refractivity contribution in [3.05, 3.63) is 21.4 Å². The summed E-state index contributed by atoms with van der Waals surface area (Å²) in [7, 11) is 0.